The highest BCUT2D eigenvalue weighted by Crippen LogP contribution is 2.25. The van der Waals surface area contributed by atoms with E-state index in [0.717, 1.165) is 5.56 Å². The van der Waals surface area contributed by atoms with Crippen LogP contribution in [0.3, 0.4) is 0 Å². The van der Waals surface area contributed by atoms with Crippen molar-refractivity contribution in [2.45, 2.75) is 6.54 Å². The van der Waals surface area contributed by atoms with Gasteiger partial charge in [-0.3, -0.25) is 9.36 Å². The Kier molecular flexibility index (Phi) is 5.64. The van der Waals surface area contributed by atoms with Crippen LogP contribution in [0, 0.1) is 0 Å². The summed E-state index contributed by atoms with van der Waals surface area (Å²) in [5, 5.41) is 4.78. The topological polar surface area (TPSA) is 59.3 Å². The van der Waals surface area contributed by atoms with Crippen LogP contribution in [0.15, 0.2) is 34.1 Å². The van der Waals surface area contributed by atoms with Crippen LogP contribution in [0.5, 0.6) is 0 Å². The van der Waals surface area contributed by atoms with Crippen molar-refractivity contribution in [3.63, 3.8) is 0 Å². The predicted octanol–water partition coefficient (Wildman–Crippen LogP) is 3.76. The fraction of sp³-hybridized carbons (Fsp3) is 0.0833. The second-order valence-electron chi connectivity index (χ2n) is 3.89. The molecule has 1 heterocycles. The van der Waals surface area contributed by atoms with Crippen LogP contribution in [-0.4, -0.2) is 21.7 Å². The van der Waals surface area contributed by atoms with Crippen LogP contribution in [0.4, 0.5) is 0 Å². The molecule has 0 atom stereocenters. The largest absolute Gasteiger partial charge is 0.299 e. The fourth-order valence-electron chi connectivity index (χ4n) is 1.42. The maximum absolute atomic E-state index is 11.8. The number of carbonyl (C=O) groups is 1. The molecular weight excluding hydrogens is 402 g/mol. The van der Waals surface area contributed by atoms with Crippen LogP contribution >= 0.6 is 50.7 Å². The van der Waals surface area contributed by atoms with E-state index in [2.05, 4.69) is 31.4 Å². The highest BCUT2D eigenvalue weighted by molar-refractivity contribution is 9.10. The van der Waals surface area contributed by atoms with Gasteiger partial charge < -0.3 is 0 Å². The molecule has 9 heteroatoms. The minimum Gasteiger partial charge on any atom is -0.299 e. The number of carbonyl (C=O) groups excluding carboxylic acids is 1. The molecule has 110 valence electrons. The molecule has 2 rings (SSSR count). The molecule has 2 aromatic rings. The Hall–Kier alpha value is -1.08. The summed E-state index contributed by atoms with van der Waals surface area (Å²) in [5.74, 6) is -0.364. The molecule has 0 radical (unpaired) electrons. The van der Waals surface area contributed by atoms with Crippen molar-refractivity contribution >= 4 is 62.9 Å². The monoisotopic (exact) mass is 408 g/mol. The van der Waals surface area contributed by atoms with Crippen LogP contribution in [-0.2, 0) is 11.3 Å². The second kappa shape index (κ2) is 7.26. The van der Waals surface area contributed by atoms with Crippen LogP contribution < -0.4 is 5.43 Å². The molecule has 0 aliphatic heterocycles. The highest BCUT2D eigenvalue weighted by atomic mass is 79.9. The summed E-state index contributed by atoms with van der Waals surface area (Å²) < 4.78 is 1.78. The number of hydrazone groups is 1. The summed E-state index contributed by atoms with van der Waals surface area (Å²) in [6.45, 7) is -0.0584. The number of nitrogens with zero attached hydrogens (tertiary/aromatic N) is 3. The first-order chi connectivity index (χ1) is 9.97. The Morgan fingerprint density at radius 2 is 2.00 bits per heavy atom. The van der Waals surface area contributed by atoms with Gasteiger partial charge in [0, 0.05) is 5.02 Å². The molecule has 0 saturated carbocycles. The van der Waals surface area contributed by atoms with E-state index in [9.17, 15) is 4.79 Å². The highest BCUT2D eigenvalue weighted by Gasteiger charge is 2.14. The molecule has 1 amide bonds. The number of amides is 1. The van der Waals surface area contributed by atoms with E-state index in [-0.39, 0.29) is 22.8 Å². The normalized spacial score (nSPS) is 11.0. The molecule has 0 bridgehead atoms. The smallest absolute Gasteiger partial charge is 0.260 e. The van der Waals surface area contributed by atoms with Gasteiger partial charge >= 0.3 is 0 Å². The van der Waals surface area contributed by atoms with Crippen LogP contribution in [0.1, 0.15) is 5.56 Å². The molecule has 0 saturated heterocycles. The van der Waals surface area contributed by atoms with Crippen molar-refractivity contribution in [1.82, 2.24) is 15.0 Å². The number of hydrogen-bond donors (Lipinski definition) is 1. The first-order valence-electron chi connectivity index (χ1n) is 5.62. The van der Waals surface area contributed by atoms with Gasteiger partial charge in [0.25, 0.3) is 5.91 Å². The van der Waals surface area contributed by atoms with E-state index in [1.165, 1.54) is 10.8 Å². The lowest BCUT2D eigenvalue weighted by Gasteiger charge is -2.04. The third kappa shape index (κ3) is 4.44. The molecule has 1 aromatic carbocycles. The average molecular weight is 410 g/mol. The summed E-state index contributed by atoms with van der Waals surface area (Å²) in [6.07, 6.45) is 1.51. The number of nitrogens with one attached hydrogen (secondary N) is 1. The first kappa shape index (κ1) is 16.3. The van der Waals surface area contributed by atoms with Gasteiger partial charge in [0.2, 0.25) is 0 Å². The van der Waals surface area contributed by atoms with Gasteiger partial charge in [-0.25, -0.2) is 10.4 Å². The lowest BCUT2D eigenvalue weighted by molar-refractivity contribution is -0.121. The standard InChI is InChI=1S/C12H8BrCl3N4O/c13-12-18-10(15)11(16)20(12)6-9(21)19-17-5-7-1-3-8(14)4-2-7/h1-5H,6H2,(H,19,21)/b17-5-. The molecule has 5 nitrogen and oxygen atoms in total. The van der Waals surface area contributed by atoms with E-state index >= 15 is 0 Å². The van der Waals surface area contributed by atoms with E-state index < -0.39 is 0 Å². The molecule has 21 heavy (non-hydrogen) atoms. The number of hydrogen-bond acceptors (Lipinski definition) is 3. The summed E-state index contributed by atoms with van der Waals surface area (Å²) in [6, 6.07) is 7.02. The third-order valence-corrected chi connectivity index (χ3v) is 4.00. The van der Waals surface area contributed by atoms with Crippen LogP contribution in [0.25, 0.3) is 0 Å². The van der Waals surface area contributed by atoms with Crippen molar-refractivity contribution < 1.29 is 4.79 Å². The van der Waals surface area contributed by atoms with Gasteiger partial charge in [-0.1, -0.05) is 46.9 Å². The number of imidazole rings is 1. The van der Waals surface area contributed by atoms with Gasteiger partial charge in [-0.15, -0.1) is 0 Å². The predicted molar refractivity (Wildman–Crippen MR) is 87.1 cm³/mol. The Balaban J connectivity index is 1.94. The van der Waals surface area contributed by atoms with E-state index in [4.69, 9.17) is 34.8 Å². The average Bonchev–Trinajstić information content (AvgIpc) is 2.68. The quantitative estimate of drug-likeness (QED) is 0.616. The summed E-state index contributed by atoms with van der Waals surface area (Å²) >= 11 is 20.6. The van der Waals surface area contributed by atoms with Gasteiger partial charge in [-0.2, -0.15) is 5.10 Å². The zero-order chi connectivity index (χ0) is 15.4. The van der Waals surface area contributed by atoms with E-state index in [1.54, 1.807) is 24.3 Å². The first-order valence-corrected chi connectivity index (χ1v) is 7.54. The molecular formula is C12H8BrCl3N4O. The number of benzene rings is 1. The number of halogens is 4. The minimum absolute atomic E-state index is 0.0584. The summed E-state index contributed by atoms with van der Waals surface area (Å²) in [5.41, 5.74) is 3.19. The zero-order valence-electron chi connectivity index (χ0n) is 10.4. The lowest BCUT2D eigenvalue weighted by atomic mass is 10.2. The molecule has 0 aliphatic rings. The molecule has 0 fully saturated rings. The SMILES string of the molecule is O=C(Cn1c(Br)nc(Cl)c1Cl)N/N=C\c1ccc(Cl)cc1. The molecule has 1 aromatic heterocycles. The van der Waals surface area contributed by atoms with Crippen LogP contribution in [0.2, 0.25) is 15.3 Å². The number of rotatable bonds is 4. The van der Waals surface area contributed by atoms with Gasteiger partial charge in [0.1, 0.15) is 11.7 Å². The van der Waals surface area contributed by atoms with Crippen molar-refractivity contribution in [2.24, 2.45) is 5.10 Å². The van der Waals surface area contributed by atoms with Gasteiger partial charge in [0.15, 0.2) is 9.89 Å². The van der Waals surface area contributed by atoms with Gasteiger partial charge in [0.05, 0.1) is 6.21 Å². The van der Waals surface area contributed by atoms with Crippen molar-refractivity contribution in [1.29, 1.82) is 0 Å². The summed E-state index contributed by atoms with van der Waals surface area (Å²) in [7, 11) is 0. The van der Waals surface area contributed by atoms with Crippen molar-refractivity contribution in [3.05, 3.63) is 49.9 Å². The maximum Gasteiger partial charge on any atom is 0.260 e. The number of aromatic nitrogens is 2. The maximum atomic E-state index is 11.8. The minimum atomic E-state index is -0.364. The zero-order valence-corrected chi connectivity index (χ0v) is 14.2. The Bertz CT molecular complexity index is 685. The van der Waals surface area contributed by atoms with E-state index in [0.29, 0.717) is 9.76 Å². The fourth-order valence-corrected chi connectivity index (χ4v) is 2.60. The van der Waals surface area contributed by atoms with Crippen molar-refractivity contribution in [2.75, 3.05) is 0 Å². The summed E-state index contributed by atoms with van der Waals surface area (Å²) in [4.78, 5) is 15.6. The van der Waals surface area contributed by atoms with E-state index in [1.807, 2.05) is 0 Å². The van der Waals surface area contributed by atoms with Gasteiger partial charge in [-0.05, 0) is 33.6 Å². The molecule has 0 unspecified atom stereocenters. The molecule has 0 aliphatic carbocycles. The van der Waals surface area contributed by atoms with Crippen molar-refractivity contribution in [3.8, 4) is 0 Å². The Labute approximate surface area is 144 Å². The third-order valence-electron chi connectivity index (χ3n) is 2.39. The Morgan fingerprint density at radius 1 is 1.33 bits per heavy atom. The Morgan fingerprint density at radius 3 is 2.57 bits per heavy atom. The second-order valence-corrected chi connectivity index (χ2v) is 5.76. The molecule has 1 N–H and O–H groups in total. The molecule has 0 spiro atoms. The lowest BCUT2D eigenvalue weighted by Crippen LogP contribution is -2.23.